The van der Waals surface area contributed by atoms with Crippen LogP contribution in [0.1, 0.15) is 38.3 Å². The molecule has 1 N–H and O–H groups in total. The van der Waals surface area contributed by atoms with Crippen LogP contribution in [-0.2, 0) is 11.6 Å². The molecular formula is C14H19F4N. The van der Waals surface area contributed by atoms with E-state index < -0.39 is 23.0 Å². The maximum atomic E-state index is 13.3. The Bertz CT molecular complexity index is 438. The summed E-state index contributed by atoms with van der Waals surface area (Å²) in [4.78, 5) is 0. The standard InChI is InChI=1S/C14H19F4N/c1-9(19-4)8-13(2,3)10-5-6-12(15)11(7-10)14(16,17)18/h5-7,9,19H,8H2,1-4H3. The number of nitrogens with one attached hydrogen (secondary N) is 1. The van der Waals surface area contributed by atoms with Gasteiger partial charge in [-0.1, -0.05) is 19.9 Å². The van der Waals surface area contributed by atoms with Crippen molar-refractivity contribution in [2.24, 2.45) is 0 Å². The lowest BCUT2D eigenvalue weighted by atomic mass is 9.79. The van der Waals surface area contributed by atoms with Crippen molar-refractivity contribution in [3.63, 3.8) is 0 Å². The number of alkyl halides is 3. The van der Waals surface area contributed by atoms with Crippen LogP contribution in [0.5, 0.6) is 0 Å². The van der Waals surface area contributed by atoms with Gasteiger partial charge in [-0.3, -0.25) is 0 Å². The summed E-state index contributed by atoms with van der Waals surface area (Å²) in [7, 11) is 1.80. The van der Waals surface area contributed by atoms with Gasteiger partial charge in [0.15, 0.2) is 0 Å². The topological polar surface area (TPSA) is 12.0 Å². The zero-order valence-electron chi connectivity index (χ0n) is 11.5. The lowest BCUT2D eigenvalue weighted by molar-refractivity contribution is -0.140. The summed E-state index contributed by atoms with van der Waals surface area (Å²) in [6.45, 7) is 5.67. The van der Waals surface area contributed by atoms with Crippen LogP contribution >= 0.6 is 0 Å². The van der Waals surface area contributed by atoms with Crippen molar-refractivity contribution in [2.45, 2.75) is 44.8 Å². The zero-order valence-corrected chi connectivity index (χ0v) is 11.5. The molecule has 1 nitrogen and oxygen atoms in total. The van der Waals surface area contributed by atoms with Crippen LogP contribution in [0.25, 0.3) is 0 Å². The van der Waals surface area contributed by atoms with Crippen LogP contribution in [0.2, 0.25) is 0 Å². The molecule has 0 heterocycles. The number of hydrogen-bond donors (Lipinski definition) is 1. The fourth-order valence-corrected chi connectivity index (χ4v) is 2.15. The third kappa shape index (κ3) is 3.93. The van der Waals surface area contributed by atoms with E-state index in [1.807, 2.05) is 20.8 Å². The normalized spacial score (nSPS) is 14.5. The van der Waals surface area contributed by atoms with Crippen LogP contribution < -0.4 is 5.32 Å². The molecule has 0 saturated heterocycles. The van der Waals surface area contributed by atoms with E-state index >= 15 is 0 Å². The fraction of sp³-hybridized carbons (Fsp3) is 0.571. The highest BCUT2D eigenvalue weighted by Crippen LogP contribution is 2.36. The molecule has 0 aliphatic heterocycles. The van der Waals surface area contributed by atoms with Crippen molar-refractivity contribution < 1.29 is 17.6 Å². The molecule has 0 bridgehead atoms. The van der Waals surface area contributed by atoms with E-state index in [0.29, 0.717) is 12.0 Å². The Labute approximate surface area is 111 Å². The average molecular weight is 277 g/mol. The molecule has 1 unspecified atom stereocenters. The van der Waals surface area contributed by atoms with Gasteiger partial charge in [0, 0.05) is 6.04 Å². The van der Waals surface area contributed by atoms with E-state index in [-0.39, 0.29) is 6.04 Å². The SMILES string of the molecule is CNC(C)CC(C)(C)c1ccc(F)c(C(F)(F)F)c1. The highest BCUT2D eigenvalue weighted by Gasteiger charge is 2.35. The smallest absolute Gasteiger partial charge is 0.317 e. The van der Waals surface area contributed by atoms with Crippen molar-refractivity contribution in [1.82, 2.24) is 5.32 Å². The van der Waals surface area contributed by atoms with Crippen molar-refractivity contribution in [3.05, 3.63) is 35.1 Å². The Balaban J connectivity index is 3.15. The zero-order chi connectivity index (χ0) is 14.8. The molecule has 1 aromatic rings. The van der Waals surface area contributed by atoms with Crippen molar-refractivity contribution in [1.29, 1.82) is 0 Å². The molecular weight excluding hydrogens is 258 g/mol. The minimum Gasteiger partial charge on any atom is -0.317 e. The molecule has 1 rings (SSSR count). The summed E-state index contributed by atoms with van der Waals surface area (Å²) < 4.78 is 51.3. The van der Waals surface area contributed by atoms with Crippen LogP contribution in [-0.4, -0.2) is 13.1 Å². The van der Waals surface area contributed by atoms with Crippen LogP contribution in [0.3, 0.4) is 0 Å². The van der Waals surface area contributed by atoms with Gasteiger partial charge in [-0.05, 0) is 43.5 Å². The van der Waals surface area contributed by atoms with Gasteiger partial charge in [0.05, 0.1) is 5.56 Å². The molecule has 0 saturated carbocycles. The number of benzene rings is 1. The minimum absolute atomic E-state index is 0.161. The molecule has 0 aliphatic carbocycles. The Hall–Kier alpha value is -1.10. The molecule has 0 radical (unpaired) electrons. The third-order valence-electron chi connectivity index (χ3n) is 3.36. The van der Waals surface area contributed by atoms with Gasteiger partial charge in [0.1, 0.15) is 5.82 Å². The highest BCUT2D eigenvalue weighted by atomic mass is 19.4. The minimum atomic E-state index is -4.66. The third-order valence-corrected chi connectivity index (χ3v) is 3.36. The van der Waals surface area contributed by atoms with Gasteiger partial charge in [0.25, 0.3) is 0 Å². The van der Waals surface area contributed by atoms with Gasteiger partial charge in [-0.25, -0.2) is 4.39 Å². The highest BCUT2D eigenvalue weighted by molar-refractivity contribution is 5.32. The van der Waals surface area contributed by atoms with E-state index in [0.717, 1.165) is 12.1 Å². The lowest BCUT2D eigenvalue weighted by Crippen LogP contribution is -2.31. The Kier molecular flexibility index (Phi) is 4.61. The number of hydrogen-bond acceptors (Lipinski definition) is 1. The Morgan fingerprint density at radius 1 is 1.21 bits per heavy atom. The summed E-state index contributed by atoms with van der Waals surface area (Å²) >= 11 is 0. The van der Waals surface area contributed by atoms with Crippen molar-refractivity contribution >= 4 is 0 Å². The Morgan fingerprint density at radius 3 is 2.26 bits per heavy atom. The van der Waals surface area contributed by atoms with Gasteiger partial charge in [0.2, 0.25) is 0 Å². The summed E-state index contributed by atoms with van der Waals surface area (Å²) in [6.07, 6.45) is -4.00. The predicted molar refractivity (Wildman–Crippen MR) is 67.6 cm³/mol. The molecule has 1 atom stereocenters. The molecule has 1 aromatic carbocycles. The number of halogens is 4. The predicted octanol–water partition coefficient (Wildman–Crippen LogP) is 4.12. The molecule has 5 heteroatoms. The summed E-state index contributed by atoms with van der Waals surface area (Å²) in [6, 6.07) is 3.39. The first-order valence-electron chi connectivity index (χ1n) is 6.12. The molecule has 19 heavy (non-hydrogen) atoms. The van der Waals surface area contributed by atoms with Crippen molar-refractivity contribution in [2.75, 3.05) is 7.05 Å². The van der Waals surface area contributed by atoms with Gasteiger partial charge in [-0.15, -0.1) is 0 Å². The molecule has 0 aromatic heterocycles. The second kappa shape index (κ2) is 5.49. The van der Waals surface area contributed by atoms with E-state index in [4.69, 9.17) is 0 Å². The van der Waals surface area contributed by atoms with Gasteiger partial charge in [-0.2, -0.15) is 13.2 Å². The van der Waals surface area contributed by atoms with Gasteiger partial charge >= 0.3 is 6.18 Å². The largest absolute Gasteiger partial charge is 0.419 e. The molecule has 108 valence electrons. The summed E-state index contributed by atoms with van der Waals surface area (Å²) in [5, 5.41) is 3.05. The first-order valence-corrected chi connectivity index (χ1v) is 6.12. The second-order valence-electron chi connectivity index (χ2n) is 5.47. The summed E-state index contributed by atoms with van der Waals surface area (Å²) in [5.41, 5.74) is -1.17. The van der Waals surface area contributed by atoms with Gasteiger partial charge < -0.3 is 5.32 Å². The monoisotopic (exact) mass is 277 g/mol. The van der Waals surface area contributed by atoms with Crippen LogP contribution in [0.15, 0.2) is 18.2 Å². The summed E-state index contributed by atoms with van der Waals surface area (Å²) in [5.74, 6) is -1.23. The van der Waals surface area contributed by atoms with Crippen LogP contribution in [0, 0.1) is 5.82 Å². The molecule has 0 fully saturated rings. The van der Waals surface area contributed by atoms with E-state index in [2.05, 4.69) is 5.32 Å². The van der Waals surface area contributed by atoms with E-state index in [1.165, 1.54) is 6.07 Å². The maximum Gasteiger partial charge on any atom is 0.419 e. The maximum absolute atomic E-state index is 13.3. The fourth-order valence-electron chi connectivity index (χ4n) is 2.15. The Morgan fingerprint density at radius 2 is 1.79 bits per heavy atom. The number of rotatable bonds is 4. The molecule has 0 amide bonds. The molecule has 0 aliphatic rings. The second-order valence-corrected chi connectivity index (χ2v) is 5.47. The average Bonchev–Trinajstić information content (AvgIpc) is 2.26. The lowest BCUT2D eigenvalue weighted by Gasteiger charge is -2.29. The first-order chi connectivity index (χ1) is 8.58. The quantitative estimate of drug-likeness (QED) is 0.816. The first kappa shape index (κ1) is 16.0. The van der Waals surface area contributed by atoms with E-state index in [1.54, 1.807) is 7.05 Å². The molecule has 0 spiro atoms. The van der Waals surface area contributed by atoms with E-state index in [9.17, 15) is 17.6 Å². The van der Waals surface area contributed by atoms with Crippen molar-refractivity contribution in [3.8, 4) is 0 Å². The van der Waals surface area contributed by atoms with Crippen LogP contribution in [0.4, 0.5) is 17.6 Å².